The van der Waals surface area contributed by atoms with Crippen molar-refractivity contribution >= 4 is 17.5 Å². The van der Waals surface area contributed by atoms with E-state index in [2.05, 4.69) is 10.0 Å². The summed E-state index contributed by atoms with van der Waals surface area (Å²) in [5, 5.41) is 3.77. The van der Waals surface area contributed by atoms with Gasteiger partial charge in [-0.25, -0.2) is 0 Å². The van der Waals surface area contributed by atoms with Gasteiger partial charge in [0.2, 0.25) is 5.91 Å². The van der Waals surface area contributed by atoms with Crippen LogP contribution in [-0.2, 0) is 0 Å². The van der Waals surface area contributed by atoms with Crippen molar-refractivity contribution in [3.8, 4) is 0 Å². The molecular formula is C19H19N5O2. The first-order valence-corrected chi connectivity index (χ1v) is 8.43. The third-order valence-electron chi connectivity index (χ3n) is 4.71. The molecule has 2 N–H and O–H groups in total. The molecule has 26 heavy (non-hydrogen) atoms. The number of nitrogens with zero attached hydrogens (tertiary/aromatic N) is 4. The smallest absolute Gasteiger partial charge is 0.253 e. The number of carbonyl (C=O) groups excluding carboxylic acids is 2. The summed E-state index contributed by atoms with van der Waals surface area (Å²) in [6, 6.07) is 14.0. The van der Waals surface area contributed by atoms with Gasteiger partial charge in [-0.05, 0) is 48.1 Å². The zero-order valence-corrected chi connectivity index (χ0v) is 14.2. The topological polar surface area (TPSA) is 112 Å². The molecule has 0 atom stereocenters. The Labute approximate surface area is 151 Å². The predicted molar refractivity (Wildman–Crippen MR) is 98.1 cm³/mol. The number of hydrogen-bond donors (Lipinski definition) is 1. The van der Waals surface area contributed by atoms with Crippen LogP contribution < -0.4 is 5.73 Å². The number of hydrogen-bond acceptors (Lipinski definition) is 3. The lowest BCUT2D eigenvalue weighted by molar-refractivity contribution is 0.0713. The third kappa shape index (κ3) is 3.68. The SMILES string of the molecule is [N-]=[N+]=Nc1ccccc1C1CCN(C(=O)c2cccc(C(N)=O)c2)CC1. The summed E-state index contributed by atoms with van der Waals surface area (Å²) in [6.07, 6.45) is 1.58. The van der Waals surface area contributed by atoms with Crippen LogP contribution in [0, 0.1) is 0 Å². The van der Waals surface area contributed by atoms with Crippen LogP contribution in [0.1, 0.15) is 45.0 Å². The van der Waals surface area contributed by atoms with Crippen molar-refractivity contribution in [2.24, 2.45) is 10.8 Å². The molecule has 3 rings (SSSR count). The molecule has 0 bridgehead atoms. The van der Waals surface area contributed by atoms with Gasteiger partial charge in [0.25, 0.3) is 5.91 Å². The van der Waals surface area contributed by atoms with E-state index < -0.39 is 5.91 Å². The first kappa shape index (κ1) is 17.5. The summed E-state index contributed by atoms with van der Waals surface area (Å²) in [5.41, 5.74) is 16.5. The normalized spacial score (nSPS) is 14.5. The average Bonchev–Trinajstić information content (AvgIpc) is 2.68. The largest absolute Gasteiger partial charge is 0.366 e. The Morgan fingerprint density at radius 2 is 1.77 bits per heavy atom. The number of amides is 2. The van der Waals surface area contributed by atoms with Crippen LogP contribution in [0.4, 0.5) is 5.69 Å². The van der Waals surface area contributed by atoms with Crippen molar-refractivity contribution in [2.45, 2.75) is 18.8 Å². The fourth-order valence-corrected chi connectivity index (χ4v) is 3.35. The van der Waals surface area contributed by atoms with Gasteiger partial charge in [-0.15, -0.1) is 0 Å². The summed E-state index contributed by atoms with van der Waals surface area (Å²) >= 11 is 0. The molecule has 1 fully saturated rings. The molecule has 7 heteroatoms. The molecule has 0 saturated carbocycles. The van der Waals surface area contributed by atoms with Crippen LogP contribution >= 0.6 is 0 Å². The first-order chi connectivity index (χ1) is 12.6. The minimum absolute atomic E-state index is 0.102. The Kier molecular flexibility index (Phi) is 5.20. The number of carbonyl (C=O) groups is 2. The minimum atomic E-state index is -0.548. The highest BCUT2D eigenvalue weighted by molar-refractivity contribution is 5.99. The zero-order chi connectivity index (χ0) is 18.5. The Bertz CT molecular complexity index is 881. The van der Waals surface area contributed by atoms with E-state index in [0.29, 0.717) is 29.9 Å². The fourth-order valence-electron chi connectivity index (χ4n) is 3.35. The van der Waals surface area contributed by atoms with Crippen molar-refractivity contribution in [1.82, 2.24) is 4.90 Å². The Balaban J connectivity index is 1.71. The van der Waals surface area contributed by atoms with Gasteiger partial charge in [0.05, 0.1) is 0 Å². The van der Waals surface area contributed by atoms with Crippen LogP contribution in [0.25, 0.3) is 10.4 Å². The second-order valence-electron chi connectivity index (χ2n) is 6.26. The number of rotatable bonds is 4. The minimum Gasteiger partial charge on any atom is -0.366 e. The molecule has 2 aromatic carbocycles. The lowest BCUT2D eigenvalue weighted by Crippen LogP contribution is -2.38. The highest BCUT2D eigenvalue weighted by Crippen LogP contribution is 2.34. The summed E-state index contributed by atoms with van der Waals surface area (Å²) in [6.45, 7) is 1.21. The lowest BCUT2D eigenvalue weighted by atomic mass is 9.88. The number of nitrogens with two attached hydrogens (primary N) is 1. The lowest BCUT2D eigenvalue weighted by Gasteiger charge is -2.33. The van der Waals surface area contributed by atoms with E-state index in [1.807, 2.05) is 24.3 Å². The maximum atomic E-state index is 12.7. The molecule has 0 aliphatic carbocycles. The van der Waals surface area contributed by atoms with Crippen LogP contribution in [0.15, 0.2) is 53.6 Å². The maximum absolute atomic E-state index is 12.7. The predicted octanol–water partition coefficient (Wildman–Crippen LogP) is 3.75. The van der Waals surface area contributed by atoms with E-state index in [1.54, 1.807) is 23.1 Å². The van der Waals surface area contributed by atoms with E-state index in [4.69, 9.17) is 11.3 Å². The van der Waals surface area contributed by atoms with Crippen LogP contribution in [0.3, 0.4) is 0 Å². The molecule has 0 radical (unpaired) electrons. The molecule has 0 spiro atoms. The van der Waals surface area contributed by atoms with Gasteiger partial charge in [0.15, 0.2) is 0 Å². The average molecular weight is 349 g/mol. The zero-order valence-electron chi connectivity index (χ0n) is 14.2. The first-order valence-electron chi connectivity index (χ1n) is 8.43. The molecule has 7 nitrogen and oxygen atoms in total. The summed E-state index contributed by atoms with van der Waals surface area (Å²) in [5.74, 6) is -0.402. The Morgan fingerprint density at radius 1 is 1.08 bits per heavy atom. The molecule has 0 unspecified atom stereocenters. The van der Waals surface area contributed by atoms with Gasteiger partial charge < -0.3 is 10.6 Å². The standard InChI is InChI=1S/C19H19N5O2/c20-18(25)14-4-3-5-15(12-14)19(26)24-10-8-13(9-11-24)16-6-1-2-7-17(16)22-23-21/h1-7,12-13H,8-11H2,(H2,20,25). The summed E-state index contributed by atoms with van der Waals surface area (Å²) in [7, 11) is 0. The van der Waals surface area contributed by atoms with Gasteiger partial charge in [-0.1, -0.05) is 35.4 Å². The number of benzene rings is 2. The van der Waals surface area contributed by atoms with Gasteiger partial charge in [-0.3, -0.25) is 9.59 Å². The van der Waals surface area contributed by atoms with E-state index in [-0.39, 0.29) is 11.8 Å². The van der Waals surface area contributed by atoms with E-state index in [0.717, 1.165) is 18.4 Å². The molecule has 2 aromatic rings. The monoisotopic (exact) mass is 349 g/mol. The highest BCUT2D eigenvalue weighted by atomic mass is 16.2. The molecule has 1 aliphatic heterocycles. The molecular weight excluding hydrogens is 330 g/mol. The summed E-state index contributed by atoms with van der Waals surface area (Å²) in [4.78, 5) is 28.7. The van der Waals surface area contributed by atoms with Crippen molar-refractivity contribution in [3.63, 3.8) is 0 Å². The van der Waals surface area contributed by atoms with E-state index in [9.17, 15) is 9.59 Å². The summed E-state index contributed by atoms with van der Waals surface area (Å²) < 4.78 is 0. The second-order valence-corrected chi connectivity index (χ2v) is 6.26. The molecule has 1 saturated heterocycles. The van der Waals surface area contributed by atoms with Crippen molar-refractivity contribution < 1.29 is 9.59 Å². The molecule has 132 valence electrons. The van der Waals surface area contributed by atoms with Gasteiger partial charge in [-0.2, -0.15) is 0 Å². The van der Waals surface area contributed by atoms with Crippen molar-refractivity contribution in [3.05, 3.63) is 75.7 Å². The number of primary amides is 1. The Hall–Kier alpha value is -3.31. The van der Waals surface area contributed by atoms with Gasteiger partial charge >= 0.3 is 0 Å². The van der Waals surface area contributed by atoms with Crippen molar-refractivity contribution in [2.75, 3.05) is 13.1 Å². The van der Waals surface area contributed by atoms with E-state index >= 15 is 0 Å². The fraction of sp³-hybridized carbons (Fsp3) is 0.263. The molecule has 0 aromatic heterocycles. The van der Waals surface area contributed by atoms with Crippen LogP contribution in [0.5, 0.6) is 0 Å². The quantitative estimate of drug-likeness (QED) is 0.515. The maximum Gasteiger partial charge on any atom is 0.253 e. The number of likely N-dealkylation sites (tertiary alicyclic amines) is 1. The number of piperidine rings is 1. The van der Waals surface area contributed by atoms with Gasteiger partial charge in [0, 0.05) is 34.8 Å². The molecule has 2 amide bonds. The number of azide groups is 1. The highest BCUT2D eigenvalue weighted by Gasteiger charge is 2.25. The second kappa shape index (κ2) is 7.72. The molecule has 1 heterocycles. The van der Waals surface area contributed by atoms with E-state index in [1.165, 1.54) is 6.07 Å². The molecule has 1 aliphatic rings. The third-order valence-corrected chi connectivity index (χ3v) is 4.71. The Morgan fingerprint density at radius 3 is 2.46 bits per heavy atom. The van der Waals surface area contributed by atoms with Crippen LogP contribution in [0.2, 0.25) is 0 Å². The van der Waals surface area contributed by atoms with Crippen molar-refractivity contribution in [1.29, 1.82) is 0 Å². The van der Waals surface area contributed by atoms with Gasteiger partial charge in [0.1, 0.15) is 0 Å². The van der Waals surface area contributed by atoms with Crippen LogP contribution in [-0.4, -0.2) is 29.8 Å².